The van der Waals surface area contributed by atoms with Crippen LogP contribution in [0.15, 0.2) is 30.3 Å². The zero-order valence-corrected chi connectivity index (χ0v) is 17.4. The molecular formula is C20H30N5O4+. The first-order valence-corrected chi connectivity index (χ1v) is 9.88. The highest BCUT2D eigenvalue weighted by molar-refractivity contribution is 6.08. The number of benzene rings is 1. The third-order valence-electron chi connectivity index (χ3n) is 4.90. The molecule has 9 nitrogen and oxygen atoms in total. The number of rotatable bonds is 9. The normalized spacial score (nSPS) is 19.8. The summed E-state index contributed by atoms with van der Waals surface area (Å²) in [6, 6.07) is 8.28. The van der Waals surface area contributed by atoms with Crippen molar-refractivity contribution in [2.75, 3.05) is 19.6 Å². The number of hydrogen-bond acceptors (Lipinski definition) is 4. The summed E-state index contributed by atoms with van der Waals surface area (Å²) in [5.41, 5.74) is 1.84. The van der Waals surface area contributed by atoms with Gasteiger partial charge in [0, 0.05) is 6.04 Å². The number of likely N-dealkylation sites (N-methyl/N-ethyl adjacent to an activating group) is 1. The molecule has 9 heteroatoms. The quantitative estimate of drug-likeness (QED) is 0.408. The number of nitrogens with zero attached hydrogens (tertiary/aromatic N) is 1. The Hall–Kier alpha value is -2.94. The molecule has 2 rings (SSSR count). The third-order valence-corrected chi connectivity index (χ3v) is 4.90. The second-order valence-electron chi connectivity index (χ2n) is 7.41. The van der Waals surface area contributed by atoms with E-state index in [2.05, 4.69) is 16.1 Å². The van der Waals surface area contributed by atoms with Crippen LogP contribution >= 0.6 is 0 Å². The molecule has 1 aromatic rings. The minimum absolute atomic E-state index is 0.0144. The lowest BCUT2D eigenvalue weighted by atomic mass is 9.87. The maximum Gasteiger partial charge on any atom is 0.344 e. The van der Waals surface area contributed by atoms with Crippen molar-refractivity contribution in [1.29, 1.82) is 0 Å². The van der Waals surface area contributed by atoms with Gasteiger partial charge >= 0.3 is 6.03 Å². The molecule has 1 aliphatic heterocycles. The van der Waals surface area contributed by atoms with Gasteiger partial charge in [0.05, 0.1) is 6.54 Å². The maximum atomic E-state index is 13.0. The van der Waals surface area contributed by atoms with Crippen molar-refractivity contribution < 1.29 is 24.1 Å². The fourth-order valence-corrected chi connectivity index (χ4v) is 3.34. The molecule has 0 bridgehead atoms. The average Bonchev–Trinajstić information content (AvgIpc) is 2.92. The number of amides is 5. The number of nitrogens with one attached hydrogen (secondary N) is 4. The minimum atomic E-state index is -1.21. The van der Waals surface area contributed by atoms with Crippen molar-refractivity contribution in [2.45, 2.75) is 45.7 Å². The number of quaternary nitrogens is 1. The molecule has 1 heterocycles. The molecule has 1 fully saturated rings. The van der Waals surface area contributed by atoms with E-state index in [4.69, 9.17) is 0 Å². The molecule has 0 spiro atoms. The van der Waals surface area contributed by atoms with Crippen LogP contribution in [0.3, 0.4) is 0 Å². The zero-order valence-electron chi connectivity index (χ0n) is 17.4. The van der Waals surface area contributed by atoms with Crippen LogP contribution in [0.5, 0.6) is 0 Å². The summed E-state index contributed by atoms with van der Waals surface area (Å²) in [5.74, 6) is -1.20. The van der Waals surface area contributed by atoms with Crippen LogP contribution in [0.2, 0.25) is 0 Å². The summed E-state index contributed by atoms with van der Waals surface area (Å²) >= 11 is 0. The van der Waals surface area contributed by atoms with Crippen LogP contribution in [0.1, 0.15) is 39.7 Å². The lowest BCUT2D eigenvalue weighted by Crippen LogP contribution is -3.14. The molecular weight excluding hydrogens is 374 g/mol. The van der Waals surface area contributed by atoms with Gasteiger partial charge in [-0.3, -0.25) is 19.8 Å². The van der Waals surface area contributed by atoms with Gasteiger partial charge in [-0.1, -0.05) is 37.3 Å². The first-order chi connectivity index (χ1) is 13.7. The zero-order chi connectivity index (χ0) is 21.6. The van der Waals surface area contributed by atoms with Crippen LogP contribution in [-0.4, -0.2) is 54.4 Å². The lowest BCUT2D eigenvalue weighted by Gasteiger charge is -2.25. The van der Waals surface area contributed by atoms with E-state index >= 15 is 0 Å². The summed E-state index contributed by atoms with van der Waals surface area (Å²) in [7, 11) is 0. The van der Waals surface area contributed by atoms with Gasteiger partial charge in [0.2, 0.25) is 0 Å². The first kappa shape index (κ1) is 22.4. The van der Waals surface area contributed by atoms with Gasteiger partial charge in [0.25, 0.3) is 17.7 Å². The van der Waals surface area contributed by atoms with Crippen molar-refractivity contribution in [3.8, 4) is 0 Å². The van der Waals surface area contributed by atoms with Crippen molar-refractivity contribution in [3.63, 3.8) is 0 Å². The molecule has 0 radical (unpaired) electrons. The number of imide groups is 1. The number of hydrazine groups is 1. The SMILES string of the molecule is CC[NH+](CC(=O)NC(C)C)CC(=O)NN1C(=O)N[C@@](CC)(c2ccccc2)C1=O. The highest BCUT2D eigenvalue weighted by Crippen LogP contribution is 2.31. The van der Waals surface area contributed by atoms with Crippen molar-refractivity contribution in [2.24, 2.45) is 0 Å². The first-order valence-electron chi connectivity index (χ1n) is 9.88. The van der Waals surface area contributed by atoms with E-state index in [1.807, 2.05) is 26.8 Å². The van der Waals surface area contributed by atoms with Gasteiger partial charge < -0.3 is 15.5 Å². The van der Waals surface area contributed by atoms with E-state index in [1.54, 1.807) is 31.2 Å². The summed E-state index contributed by atoms with van der Waals surface area (Å²) in [4.78, 5) is 50.6. The summed E-state index contributed by atoms with van der Waals surface area (Å²) in [5, 5.41) is 6.23. The van der Waals surface area contributed by atoms with Gasteiger partial charge in [0.15, 0.2) is 13.1 Å². The second kappa shape index (κ2) is 9.51. The predicted molar refractivity (Wildman–Crippen MR) is 106 cm³/mol. The van der Waals surface area contributed by atoms with Crippen LogP contribution in [-0.2, 0) is 19.9 Å². The van der Waals surface area contributed by atoms with Gasteiger partial charge in [-0.2, -0.15) is 5.01 Å². The van der Waals surface area contributed by atoms with Crippen LogP contribution in [0.4, 0.5) is 4.79 Å². The van der Waals surface area contributed by atoms with Crippen LogP contribution < -0.4 is 21.0 Å². The molecule has 5 amide bonds. The largest absolute Gasteiger partial charge is 0.349 e. The molecule has 0 aromatic heterocycles. The molecule has 1 unspecified atom stereocenters. The fraction of sp³-hybridized carbons (Fsp3) is 0.500. The molecule has 2 atom stereocenters. The highest BCUT2D eigenvalue weighted by Gasteiger charge is 2.52. The van der Waals surface area contributed by atoms with Gasteiger partial charge in [0.1, 0.15) is 5.54 Å². The van der Waals surface area contributed by atoms with E-state index in [1.165, 1.54) is 0 Å². The highest BCUT2D eigenvalue weighted by atomic mass is 16.2. The van der Waals surface area contributed by atoms with E-state index in [9.17, 15) is 19.2 Å². The fourth-order valence-electron chi connectivity index (χ4n) is 3.34. The molecule has 0 aliphatic carbocycles. The van der Waals surface area contributed by atoms with E-state index in [-0.39, 0.29) is 25.0 Å². The van der Waals surface area contributed by atoms with Crippen LogP contribution in [0, 0.1) is 0 Å². The molecule has 1 saturated heterocycles. The second-order valence-corrected chi connectivity index (χ2v) is 7.41. The Kier molecular flexibility index (Phi) is 7.33. The number of carbonyl (C=O) groups excluding carboxylic acids is 4. The molecule has 158 valence electrons. The Bertz CT molecular complexity index is 767. The Balaban J connectivity index is 2.05. The molecule has 4 N–H and O–H groups in total. The van der Waals surface area contributed by atoms with Crippen molar-refractivity contribution >= 4 is 23.8 Å². The maximum absolute atomic E-state index is 13.0. The lowest BCUT2D eigenvalue weighted by molar-refractivity contribution is -0.882. The van der Waals surface area contributed by atoms with Gasteiger partial charge in [-0.05, 0) is 32.8 Å². The summed E-state index contributed by atoms with van der Waals surface area (Å²) in [6.07, 6.45) is 0.343. The molecule has 1 aromatic carbocycles. The topological polar surface area (TPSA) is 112 Å². The monoisotopic (exact) mass is 404 g/mol. The Morgan fingerprint density at radius 1 is 1.10 bits per heavy atom. The summed E-state index contributed by atoms with van der Waals surface area (Å²) in [6.45, 7) is 8.01. The average molecular weight is 404 g/mol. The standard InChI is InChI=1S/C20H29N5O4/c1-5-20(15-10-8-7-9-11-15)18(28)25(19(29)22-20)23-17(27)13-24(6-2)12-16(26)21-14(3)4/h7-11,14H,5-6,12-13H2,1-4H3,(H,21,26)(H,22,29)(H,23,27)/p+1/t20-/m0/s1. The predicted octanol–water partition coefficient (Wildman–Crippen LogP) is -0.696. The smallest absolute Gasteiger partial charge is 0.344 e. The molecule has 1 aliphatic rings. The van der Waals surface area contributed by atoms with E-state index < -0.39 is 23.4 Å². The van der Waals surface area contributed by atoms with Crippen LogP contribution in [0.25, 0.3) is 0 Å². The number of carbonyl (C=O) groups is 4. The third kappa shape index (κ3) is 5.11. The van der Waals surface area contributed by atoms with E-state index in [0.29, 0.717) is 18.5 Å². The van der Waals surface area contributed by atoms with Gasteiger partial charge in [-0.15, -0.1) is 0 Å². The summed E-state index contributed by atoms with van der Waals surface area (Å²) < 4.78 is 0. The molecule has 0 saturated carbocycles. The number of hydrogen-bond donors (Lipinski definition) is 4. The molecule has 29 heavy (non-hydrogen) atoms. The van der Waals surface area contributed by atoms with E-state index in [0.717, 1.165) is 9.91 Å². The van der Waals surface area contributed by atoms with Crippen molar-refractivity contribution in [1.82, 2.24) is 21.1 Å². The Morgan fingerprint density at radius 2 is 1.72 bits per heavy atom. The minimum Gasteiger partial charge on any atom is -0.349 e. The number of urea groups is 1. The Labute approximate surface area is 170 Å². The van der Waals surface area contributed by atoms with Crippen molar-refractivity contribution in [3.05, 3.63) is 35.9 Å². The Morgan fingerprint density at radius 3 is 2.28 bits per heavy atom. The van der Waals surface area contributed by atoms with Gasteiger partial charge in [-0.25, -0.2) is 4.79 Å².